The van der Waals surface area contributed by atoms with E-state index >= 15 is 0 Å². The summed E-state index contributed by atoms with van der Waals surface area (Å²) in [5.41, 5.74) is 1.79. The monoisotopic (exact) mass is 527 g/mol. The number of amides is 2. The minimum absolute atomic E-state index is 0.127. The number of cyclic esters (lactones) is 1. The molecule has 3 heterocycles. The predicted octanol–water partition coefficient (Wildman–Crippen LogP) is 6.23. The number of nitrogens with zero attached hydrogens (tertiary/aromatic N) is 3. The Morgan fingerprint density at radius 3 is 2.38 bits per heavy atom. The second kappa shape index (κ2) is 10.8. The molecule has 2 amide bonds. The van der Waals surface area contributed by atoms with Crippen LogP contribution < -0.4 is 4.90 Å². The van der Waals surface area contributed by atoms with Gasteiger partial charge < -0.3 is 14.7 Å². The number of ether oxygens (including phenoxy) is 1. The van der Waals surface area contributed by atoms with Crippen molar-refractivity contribution in [1.29, 1.82) is 0 Å². The van der Waals surface area contributed by atoms with Crippen molar-refractivity contribution in [2.45, 2.75) is 70.1 Å². The van der Waals surface area contributed by atoms with Crippen LogP contribution in [0.2, 0.25) is 0 Å². The van der Waals surface area contributed by atoms with Crippen molar-refractivity contribution in [3.63, 3.8) is 0 Å². The van der Waals surface area contributed by atoms with E-state index in [0.29, 0.717) is 38.2 Å². The lowest BCUT2D eigenvalue weighted by atomic mass is 9.80. The molecule has 2 aliphatic rings. The quantitative estimate of drug-likeness (QED) is 0.394. The van der Waals surface area contributed by atoms with Gasteiger partial charge in [0.15, 0.2) is 0 Å². The molecule has 7 nitrogen and oxygen atoms in total. The highest BCUT2D eigenvalue weighted by Crippen LogP contribution is 2.42. The van der Waals surface area contributed by atoms with Crippen LogP contribution in [0.1, 0.15) is 70.0 Å². The molecule has 2 saturated heterocycles. The number of piperidine rings is 1. The average Bonchev–Trinajstić information content (AvgIpc) is 2.93. The number of aliphatic hydroxyl groups is 1. The van der Waals surface area contributed by atoms with Crippen LogP contribution in [0.5, 0.6) is 0 Å². The number of anilines is 1. The van der Waals surface area contributed by atoms with E-state index in [1.807, 2.05) is 79.7 Å². The highest BCUT2D eigenvalue weighted by molar-refractivity contribution is 5.93. The van der Waals surface area contributed by atoms with Gasteiger partial charge in [-0.15, -0.1) is 0 Å². The Labute approximate surface area is 230 Å². The fourth-order valence-corrected chi connectivity index (χ4v) is 5.79. The Balaban J connectivity index is 1.32. The van der Waals surface area contributed by atoms with Crippen LogP contribution in [0.4, 0.5) is 10.6 Å². The summed E-state index contributed by atoms with van der Waals surface area (Å²) in [6.07, 6.45) is 3.02. The summed E-state index contributed by atoms with van der Waals surface area (Å²) in [7, 11) is 0. The van der Waals surface area contributed by atoms with Crippen LogP contribution in [-0.4, -0.2) is 45.7 Å². The second-order valence-corrected chi connectivity index (χ2v) is 11.3. The average molecular weight is 528 g/mol. The van der Waals surface area contributed by atoms with Crippen molar-refractivity contribution >= 4 is 17.8 Å². The summed E-state index contributed by atoms with van der Waals surface area (Å²) in [5.74, 6) is 0.820. The highest BCUT2D eigenvalue weighted by Gasteiger charge is 2.46. The summed E-state index contributed by atoms with van der Waals surface area (Å²) in [6, 6.07) is 23.4. The van der Waals surface area contributed by atoms with E-state index in [1.165, 1.54) is 0 Å². The van der Waals surface area contributed by atoms with Crippen LogP contribution in [0, 0.1) is 0 Å². The lowest BCUT2D eigenvalue weighted by molar-refractivity contribution is -0.119. The molecule has 0 radical (unpaired) electrons. The molecule has 5 rings (SSSR count). The maximum atomic E-state index is 13.4. The second-order valence-electron chi connectivity index (χ2n) is 11.3. The van der Waals surface area contributed by atoms with Crippen molar-refractivity contribution in [3.8, 4) is 11.3 Å². The molecule has 1 N–H and O–H groups in total. The molecule has 2 aromatic carbocycles. The van der Waals surface area contributed by atoms with Gasteiger partial charge in [-0.25, -0.2) is 9.78 Å². The number of carbonyl (C=O) groups is 2. The van der Waals surface area contributed by atoms with Gasteiger partial charge in [0.05, 0.1) is 17.3 Å². The maximum absolute atomic E-state index is 13.4. The van der Waals surface area contributed by atoms with Crippen LogP contribution in [0.3, 0.4) is 0 Å². The minimum atomic E-state index is -0.994. The number of rotatable bonds is 7. The minimum Gasteiger partial charge on any atom is -0.438 e. The molecule has 0 aliphatic carbocycles. The Morgan fingerprint density at radius 1 is 0.974 bits per heavy atom. The molecular weight excluding hydrogens is 490 g/mol. The molecule has 1 unspecified atom stereocenters. The number of pyridine rings is 1. The summed E-state index contributed by atoms with van der Waals surface area (Å²) in [5, 5.41) is 10.6. The third-order valence-corrected chi connectivity index (χ3v) is 7.78. The number of aromatic nitrogens is 1. The van der Waals surface area contributed by atoms with E-state index in [4.69, 9.17) is 9.72 Å². The van der Waals surface area contributed by atoms with E-state index in [9.17, 15) is 14.7 Å². The SMILES string of the molecule is C[C@@H](c1ccc(-c2cccc(N3CCCCC3=O)n2)cc1)N1CCC(CC(C)(C)O)(c2ccccc2)OC1=O. The molecule has 39 heavy (non-hydrogen) atoms. The molecule has 2 fully saturated rings. The van der Waals surface area contributed by atoms with Gasteiger partial charge in [0.1, 0.15) is 11.4 Å². The molecular formula is C32H37N3O4. The molecule has 0 bridgehead atoms. The Hall–Kier alpha value is -3.71. The Bertz CT molecular complexity index is 1320. The summed E-state index contributed by atoms with van der Waals surface area (Å²) < 4.78 is 6.15. The van der Waals surface area contributed by atoms with Crippen molar-refractivity contribution < 1.29 is 19.4 Å². The molecule has 2 aliphatic heterocycles. The van der Waals surface area contributed by atoms with Gasteiger partial charge in [-0.05, 0) is 56.9 Å². The first kappa shape index (κ1) is 26.9. The van der Waals surface area contributed by atoms with E-state index in [0.717, 1.165) is 35.2 Å². The summed E-state index contributed by atoms with van der Waals surface area (Å²) in [6.45, 7) is 6.72. The van der Waals surface area contributed by atoms with Gasteiger partial charge >= 0.3 is 6.09 Å². The molecule has 2 atom stereocenters. The fraction of sp³-hybridized carbons (Fsp3) is 0.406. The maximum Gasteiger partial charge on any atom is 0.411 e. The molecule has 7 heteroatoms. The largest absolute Gasteiger partial charge is 0.438 e. The molecule has 0 spiro atoms. The van der Waals surface area contributed by atoms with E-state index in [2.05, 4.69) is 0 Å². The van der Waals surface area contributed by atoms with Gasteiger partial charge in [-0.2, -0.15) is 0 Å². The molecule has 0 saturated carbocycles. The zero-order valence-electron chi connectivity index (χ0n) is 23.0. The fourth-order valence-electron chi connectivity index (χ4n) is 5.79. The number of benzene rings is 2. The van der Waals surface area contributed by atoms with E-state index in [1.54, 1.807) is 23.6 Å². The topological polar surface area (TPSA) is 83.0 Å². The lowest BCUT2D eigenvalue weighted by Crippen LogP contribution is -2.51. The summed E-state index contributed by atoms with van der Waals surface area (Å²) >= 11 is 0. The van der Waals surface area contributed by atoms with Crippen LogP contribution in [0.15, 0.2) is 72.8 Å². The van der Waals surface area contributed by atoms with Gasteiger partial charge in [0, 0.05) is 37.9 Å². The van der Waals surface area contributed by atoms with Crippen molar-refractivity contribution in [2.24, 2.45) is 0 Å². The number of hydrogen-bond acceptors (Lipinski definition) is 5. The molecule has 1 aromatic heterocycles. The highest BCUT2D eigenvalue weighted by atomic mass is 16.6. The number of carbonyl (C=O) groups excluding carboxylic acids is 2. The van der Waals surface area contributed by atoms with Crippen molar-refractivity contribution in [2.75, 3.05) is 18.0 Å². The van der Waals surface area contributed by atoms with Crippen LogP contribution in [-0.2, 0) is 15.1 Å². The smallest absolute Gasteiger partial charge is 0.411 e. The number of hydrogen-bond donors (Lipinski definition) is 1. The first-order valence-corrected chi connectivity index (χ1v) is 13.8. The van der Waals surface area contributed by atoms with Crippen LogP contribution in [0.25, 0.3) is 11.3 Å². The Morgan fingerprint density at radius 2 is 1.72 bits per heavy atom. The first-order valence-electron chi connectivity index (χ1n) is 13.8. The van der Waals surface area contributed by atoms with E-state index < -0.39 is 11.2 Å². The summed E-state index contributed by atoms with van der Waals surface area (Å²) in [4.78, 5) is 34.0. The van der Waals surface area contributed by atoms with Crippen molar-refractivity contribution in [1.82, 2.24) is 9.88 Å². The van der Waals surface area contributed by atoms with Gasteiger partial charge in [0.25, 0.3) is 0 Å². The molecule has 204 valence electrons. The normalized spacial score (nSPS) is 21.0. The standard InChI is InChI=1S/C32H37N3O4/c1-23(34-21-19-32(39-30(34)37,22-31(2,3)38)26-10-5-4-6-11-26)24-15-17-25(18-16-24)27-12-9-13-28(33-27)35-20-8-7-14-29(35)36/h4-6,9-13,15-18,23,38H,7-8,14,19-22H2,1-3H3/t23-,32?/m0/s1. The molecule has 3 aromatic rings. The van der Waals surface area contributed by atoms with Gasteiger partial charge in [0.2, 0.25) is 5.91 Å². The van der Waals surface area contributed by atoms with Gasteiger partial charge in [-0.1, -0.05) is 60.7 Å². The zero-order valence-corrected chi connectivity index (χ0v) is 23.0. The third kappa shape index (κ3) is 5.83. The first-order chi connectivity index (χ1) is 18.7. The van der Waals surface area contributed by atoms with Crippen molar-refractivity contribution in [3.05, 3.63) is 83.9 Å². The van der Waals surface area contributed by atoms with Gasteiger partial charge in [-0.3, -0.25) is 9.69 Å². The predicted molar refractivity (Wildman–Crippen MR) is 151 cm³/mol. The third-order valence-electron chi connectivity index (χ3n) is 7.78. The zero-order chi connectivity index (χ0) is 27.6. The van der Waals surface area contributed by atoms with E-state index in [-0.39, 0.29) is 18.0 Å². The Kier molecular flexibility index (Phi) is 7.45. The van der Waals surface area contributed by atoms with Crippen LogP contribution >= 0.6 is 0 Å². The lowest BCUT2D eigenvalue weighted by Gasteiger charge is -2.45.